The van der Waals surface area contributed by atoms with Crippen molar-refractivity contribution in [3.8, 4) is 5.75 Å². The first kappa shape index (κ1) is 15.6. The van der Waals surface area contributed by atoms with Crippen molar-refractivity contribution in [2.45, 2.75) is 13.3 Å². The lowest BCUT2D eigenvalue weighted by atomic mass is 10.1. The maximum Gasteiger partial charge on any atom is 0.271 e. The van der Waals surface area contributed by atoms with Crippen LogP contribution in [0.15, 0.2) is 53.6 Å². The molecule has 0 saturated heterocycles. The summed E-state index contributed by atoms with van der Waals surface area (Å²) in [6, 6.07) is 14.4. The van der Waals surface area contributed by atoms with Crippen molar-refractivity contribution in [1.82, 2.24) is 5.43 Å². The summed E-state index contributed by atoms with van der Waals surface area (Å²) in [5, 5.41) is 4.12. The van der Waals surface area contributed by atoms with Crippen LogP contribution in [0.5, 0.6) is 5.75 Å². The van der Waals surface area contributed by atoms with Crippen LogP contribution in [-0.2, 0) is 6.42 Å². The highest BCUT2D eigenvalue weighted by Gasteiger charge is 2.04. The molecule has 0 aliphatic carbocycles. The Morgan fingerprint density at radius 1 is 1.14 bits per heavy atom. The number of carbonyl (C=O) groups excluding carboxylic acids is 1. The van der Waals surface area contributed by atoms with E-state index in [0.29, 0.717) is 17.7 Å². The highest BCUT2D eigenvalue weighted by molar-refractivity contribution is 5.95. The van der Waals surface area contributed by atoms with Gasteiger partial charge in [0, 0.05) is 23.4 Å². The zero-order chi connectivity index (χ0) is 15.9. The first-order valence-corrected chi connectivity index (χ1v) is 6.90. The summed E-state index contributed by atoms with van der Waals surface area (Å²) < 4.78 is 5.11. The molecule has 0 aliphatic heterocycles. The molecule has 0 aromatic heterocycles. The van der Waals surface area contributed by atoms with Gasteiger partial charge in [0.25, 0.3) is 5.91 Å². The summed E-state index contributed by atoms with van der Waals surface area (Å²) in [7, 11) is 1.63. The van der Waals surface area contributed by atoms with Crippen molar-refractivity contribution in [1.29, 1.82) is 0 Å². The quantitative estimate of drug-likeness (QED) is 0.506. The number of ether oxygens (including phenoxy) is 1. The number of hydrogen-bond donors (Lipinski definition) is 2. The molecule has 0 aliphatic rings. The van der Waals surface area contributed by atoms with Gasteiger partial charge in [-0.15, -0.1) is 0 Å². The molecule has 0 heterocycles. The van der Waals surface area contributed by atoms with E-state index in [1.807, 2.05) is 31.2 Å². The van der Waals surface area contributed by atoms with Gasteiger partial charge in [-0.3, -0.25) is 4.79 Å². The Hall–Kier alpha value is -2.82. The molecule has 0 atom stereocenters. The average molecular weight is 297 g/mol. The number of hydrogen-bond acceptors (Lipinski definition) is 4. The number of methoxy groups -OCH3 is 1. The van der Waals surface area contributed by atoms with E-state index in [2.05, 4.69) is 10.5 Å². The fourth-order valence-electron chi connectivity index (χ4n) is 1.92. The van der Waals surface area contributed by atoms with Gasteiger partial charge in [0.2, 0.25) is 0 Å². The van der Waals surface area contributed by atoms with Crippen LogP contribution in [0, 0.1) is 0 Å². The first-order valence-electron chi connectivity index (χ1n) is 6.90. The minimum Gasteiger partial charge on any atom is -0.497 e. The molecule has 1 amide bonds. The Labute approximate surface area is 129 Å². The standard InChI is InChI=1S/C17H19N3O2/c1-12(11-13-3-9-16(22-2)10-4-13)19-20-17(21)14-5-7-15(18)8-6-14/h3-10H,11,18H2,1-2H3,(H,20,21)/b19-12-. The molecule has 0 unspecified atom stereocenters. The van der Waals surface area contributed by atoms with Crippen LogP contribution < -0.4 is 15.9 Å². The molecule has 0 spiro atoms. The van der Waals surface area contributed by atoms with Gasteiger partial charge in [-0.05, 0) is 48.9 Å². The summed E-state index contributed by atoms with van der Waals surface area (Å²) >= 11 is 0. The van der Waals surface area contributed by atoms with E-state index in [1.54, 1.807) is 31.4 Å². The zero-order valence-corrected chi connectivity index (χ0v) is 12.7. The maximum absolute atomic E-state index is 11.9. The van der Waals surface area contributed by atoms with Gasteiger partial charge < -0.3 is 10.5 Å². The van der Waals surface area contributed by atoms with Crippen LogP contribution in [0.1, 0.15) is 22.8 Å². The molecule has 22 heavy (non-hydrogen) atoms. The molecule has 0 fully saturated rings. The molecule has 0 radical (unpaired) electrons. The van der Waals surface area contributed by atoms with Gasteiger partial charge in [-0.25, -0.2) is 5.43 Å². The highest BCUT2D eigenvalue weighted by atomic mass is 16.5. The Bertz CT molecular complexity index is 661. The lowest BCUT2D eigenvalue weighted by molar-refractivity contribution is 0.0954. The summed E-state index contributed by atoms with van der Waals surface area (Å²) in [4.78, 5) is 11.9. The van der Waals surface area contributed by atoms with Crippen molar-refractivity contribution < 1.29 is 9.53 Å². The third-order valence-electron chi connectivity index (χ3n) is 3.14. The van der Waals surface area contributed by atoms with Gasteiger partial charge in [-0.2, -0.15) is 5.10 Å². The van der Waals surface area contributed by atoms with Gasteiger partial charge >= 0.3 is 0 Å². The second-order valence-electron chi connectivity index (χ2n) is 4.93. The van der Waals surface area contributed by atoms with E-state index in [4.69, 9.17) is 10.5 Å². The van der Waals surface area contributed by atoms with Crippen LogP contribution in [-0.4, -0.2) is 18.7 Å². The number of nitrogens with one attached hydrogen (secondary N) is 1. The maximum atomic E-state index is 11.9. The molecule has 5 heteroatoms. The number of benzene rings is 2. The van der Waals surface area contributed by atoms with Gasteiger partial charge in [-0.1, -0.05) is 12.1 Å². The molecule has 0 bridgehead atoms. The molecule has 114 valence electrons. The van der Waals surface area contributed by atoms with E-state index >= 15 is 0 Å². The Kier molecular flexibility index (Phi) is 5.14. The second-order valence-corrected chi connectivity index (χ2v) is 4.93. The summed E-state index contributed by atoms with van der Waals surface area (Å²) in [6.07, 6.45) is 0.659. The van der Waals surface area contributed by atoms with Crippen LogP contribution in [0.4, 0.5) is 5.69 Å². The monoisotopic (exact) mass is 297 g/mol. The minimum atomic E-state index is -0.255. The SMILES string of the molecule is COc1ccc(C/C(C)=N\NC(=O)c2ccc(N)cc2)cc1. The molecule has 3 N–H and O–H groups in total. The zero-order valence-electron chi connectivity index (χ0n) is 12.7. The first-order chi connectivity index (χ1) is 10.6. The summed E-state index contributed by atoms with van der Waals surface area (Å²) in [6.45, 7) is 1.87. The van der Waals surface area contributed by atoms with Crippen molar-refractivity contribution in [2.24, 2.45) is 5.10 Å². The number of carbonyl (C=O) groups is 1. The van der Waals surface area contributed by atoms with Crippen LogP contribution >= 0.6 is 0 Å². The topological polar surface area (TPSA) is 76.7 Å². The van der Waals surface area contributed by atoms with Crippen molar-refractivity contribution >= 4 is 17.3 Å². The number of nitrogens with zero attached hydrogens (tertiary/aromatic N) is 1. The third-order valence-corrected chi connectivity index (χ3v) is 3.14. The average Bonchev–Trinajstić information content (AvgIpc) is 2.54. The summed E-state index contributed by atoms with van der Waals surface area (Å²) in [5.74, 6) is 0.559. The van der Waals surface area contributed by atoms with Gasteiger partial charge in [0.15, 0.2) is 0 Å². The van der Waals surface area contributed by atoms with E-state index < -0.39 is 0 Å². The second kappa shape index (κ2) is 7.26. The van der Waals surface area contributed by atoms with Gasteiger partial charge in [0.1, 0.15) is 5.75 Å². The number of hydrazone groups is 1. The Morgan fingerprint density at radius 3 is 2.36 bits per heavy atom. The number of nitrogens with two attached hydrogens (primary N) is 1. The predicted molar refractivity (Wildman–Crippen MR) is 88.1 cm³/mol. The largest absolute Gasteiger partial charge is 0.497 e. The molecule has 2 rings (SSSR count). The van der Waals surface area contributed by atoms with E-state index in [0.717, 1.165) is 17.0 Å². The normalized spacial score (nSPS) is 11.1. The molecular formula is C17H19N3O2. The van der Waals surface area contributed by atoms with Crippen molar-refractivity contribution in [3.63, 3.8) is 0 Å². The Morgan fingerprint density at radius 2 is 1.77 bits per heavy atom. The Balaban J connectivity index is 1.94. The molecule has 2 aromatic carbocycles. The summed E-state index contributed by atoms with van der Waals surface area (Å²) in [5.41, 5.74) is 11.2. The van der Waals surface area contributed by atoms with Gasteiger partial charge in [0.05, 0.1) is 7.11 Å². The third kappa shape index (κ3) is 4.34. The number of nitrogen functional groups attached to an aromatic ring is 1. The van der Waals surface area contributed by atoms with E-state index in [1.165, 1.54) is 0 Å². The van der Waals surface area contributed by atoms with Crippen molar-refractivity contribution in [3.05, 3.63) is 59.7 Å². The number of amides is 1. The smallest absolute Gasteiger partial charge is 0.271 e. The lowest BCUT2D eigenvalue weighted by Crippen LogP contribution is -2.19. The lowest BCUT2D eigenvalue weighted by Gasteiger charge is -2.05. The number of anilines is 1. The van der Waals surface area contributed by atoms with Crippen molar-refractivity contribution in [2.75, 3.05) is 12.8 Å². The van der Waals surface area contributed by atoms with E-state index in [-0.39, 0.29) is 5.91 Å². The fourth-order valence-corrected chi connectivity index (χ4v) is 1.92. The number of rotatable bonds is 5. The fraction of sp³-hybridized carbons (Fsp3) is 0.176. The van der Waals surface area contributed by atoms with Crippen LogP contribution in [0.25, 0.3) is 0 Å². The molecule has 5 nitrogen and oxygen atoms in total. The molecular weight excluding hydrogens is 278 g/mol. The predicted octanol–water partition coefficient (Wildman–Crippen LogP) is 2.63. The molecule has 2 aromatic rings. The van der Waals surface area contributed by atoms with Crippen LogP contribution in [0.2, 0.25) is 0 Å². The van der Waals surface area contributed by atoms with E-state index in [9.17, 15) is 4.79 Å². The molecule has 0 saturated carbocycles. The highest BCUT2D eigenvalue weighted by Crippen LogP contribution is 2.12. The minimum absolute atomic E-state index is 0.255. The van der Waals surface area contributed by atoms with Crippen LogP contribution in [0.3, 0.4) is 0 Å².